The highest BCUT2D eigenvalue weighted by atomic mass is 35.5. The Morgan fingerprint density at radius 2 is 1.77 bits per heavy atom. The first-order chi connectivity index (χ1) is 14.4. The summed E-state index contributed by atoms with van der Waals surface area (Å²) < 4.78 is 2.04. The second-order valence-electron chi connectivity index (χ2n) is 6.95. The van der Waals surface area contributed by atoms with Crippen LogP contribution in [-0.2, 0) is 9.59 Å². The third kappa shape index (κ3) is 4.96. The number of amides is 2. The van der Waals surface area contributed by atoms with Crippen molar-refractivity contribution in [3.63, 3.8) is 0 Å². The summed E-state index contributed by atoms with van der Waals surface area (Å²) in [7, 11) is 0. The van der Waals surface area contributed by atoms with Gasteiger partial charge in [-0.25, -0.2) is 5.43 Å². The van der Waals surface area contributed by atoms with Crippen LogP contribution in [0.25, 0.3) is 5.69 Å². The highest BCUT2D eigenvalue weighted by molar-refractivity contribution is 6.35. The molecule has 7 heteroatoms. The van der Waals surface area contributed by atoms with Crippen LogP contribution in [0.1, 0.15) is 35.5 Å². The van der Waals surface area contributed by atoms with Crippen molar-refractivity contribution in [3.8, 4) is 5.69 Å². The Hall–Kier alpha value is -3.38. The molecule has 0 aliphatic rings. The van der Waals surface area contributed by atoms with Crippen LogP contribution in [0.5, 0.6) is 0 Å². The van der Waals surface area contributed by atoms with Gasteiger partial charge in [0.15, 0.2) is 0 Å². The van der Waals surface area contributed by atoms with Gasteiger partial charge in [0.25, 0.3) is 0 Å². The summed E-state index contributed by atoms with van der Waals surface area (Å²) in [6.07, 6.45) is 1.52. The molecule has 0 spiro atoms. The van der Waals surface area contributed by atoms with Crippen molar-refractivity contribution >= 4 is 29.6 Å². The van der Waals surface area contributed by atoms with Gasteiger partial charge in [-0.2, -0.15) is 5.10 Å². The standard InChI is InChI=1S/C23H23ClN4O2/c1-15-12-19(17(3)28(15)21-11-7-10-20(24)13-21)14-25-27-23(30)22(29)26-16(2)18-8-5-4-6-9-18/h4-14,16H,1-3H3,(H,26,29)(H,27,30)/b25-14-/t16-/m1/s1. The van der Waals surface area contributed by atoms with Crippen molar-refractivity contribution in [2.24, 2.45) is 5.10 Å². The minimum atomic E-state index is -0.822. The molecule has 0 saturated carbocycles. The lowest BCUT2D eigenvalue weighted by molar-refractivity contribution is -0.139. The highest BCUT2D eigenvalue weighted by Crippen LogP contribution is 2.22. The van der Waals surface area contributed by atoms with Crippen molar-refractivity contribution < 1.29 is 9.59 Å². The molecule has 1 heterocycles. The van der Waals surface area contributed by atoms with E-state index in [4.69, 9.17) is 11.6 Å². The summed E-state index contributed by atoms with van der Waals surface area (Å²) in [5, 5.41) is 7.25. The Labute approximate surface area is 180 Å². The number of hydrogen-bond donors (Lipinski definition) is 2. The molecule has 6 nitrogen and oxygen atoms in total. The van der Waals surface area contributed by atoms with Gasteiger partial charge in [0.1, 0.15) is 0 Å². The summed E-state index contributed by atoms with van der Waals surface area (Å²) >= 11 is 6.10. The molecule has 3 aromatic rings. The van der Waals surface area contributed by atoms with Gasteiger partial charge >= 0.3 is 11.8 Å². The molecule has 2 aromatic carbocycles. The monoisotopic (exact) mass is 422 g/mol. The fourth-order valence-corrected chi connectivity index (χ4v) is 3.41. The lowest BCUT2D eigenvalue weighted by Crippen LogP contribution is -2.39. The van der Waals surface area contributed by atoms with Gasteiger partial charge in [-0.1, -0.05) is 48.0 Å². The Morgan fingerprint density at radius 3 is 2.47 bits per heavy atom. The van der Waals surface area contributed by atoms with Crippen LogP contribution in [0.4, 0.5) is 0 Å². The number of benzene rings is 2. The summed E-state index contributed by atoms with van der Waals surface area (Å²) in [4.78, 5) is 24.2. The number of nitrogens with one attached hydrogen (secondary N) is 2. The molecule has 0 aliphatic heterocycles. The molecular weight excluding hydrogens is 400 g/mol. The zero-order valence-electron chi connectivity index (χ0n) is 17.0. The maximum Gasteiger partial charge on any atom is 0.329 e. The molecule has 3 rings (SSSR count). The second-order valence-corrected chi connectivity index (χ2v) is 7.38. The summed E-state index contributed by atoms with van der Waals surface area (Å²) in [6, 6.07) is 18.6. The first kappa shape index (κ1) is 21.3. The van der Waals surface area contributed by atoms with E-state index < -0.39 is 11.8 Å². The maximum atomic E-state index is 12.1. The minimum absolute atomic E-state index is 0.287. The molecular formula is C23H23ClN4O2. The normalized spacial score (nSPS) is 12.0. The summed E-state index contributed by atoms with van der Waals surface area (Å²) in [5.74, 6) is -1.56. The largest absolute Gasteiger partial charge is 0.341 e. The second kappa shape index (κ2) is 9.41. The van der Waals surface area contributed by atoms with E-state index in [9.17, 15) is 9.59 Å². The van der Waals surface area contributed by atoms with Crippen LogP contribution in [0.2, 0.25) is 5.02 Å². The van der Waals surface area contributed by atoms with Crippen LogP contribution in [0.3, 0.4) is 0 Å². The topological polar surface area (TPSA) is 75.5 Å². The van der Waals surface area contributed by atoms with Gasteiger partial charge in [-0.05, 0) is 50.6 Å². The highest BCUT2D eigenvalue weighted by Gasteiger charge is 2.16. The third-order valence-electron chi connectivity index (χ3n) is 4.76. The SMILES string of the molecule is Cc1cc(/C=N\NC(=O)C(=O)N[C@H](C)c2ccccc2)c(C)n1-c1cccc(Cl)c1. The van der Waals surface area contributed by atoms with Crippen LogP contribution >= 0.6 is 11.6 Å². The fraction of sp³-hybridized carbons (Fsp3) is 0.174. The molecule has 2 N–H and O–H groups in total. The number of aryl methyl sites for hydroxylation is 1. The zero-order valence-corrected chi connectivity index (χ0v) is 17.8. The van der Waals surface area contributed by atoms with Crippen LogP contribution in [0, 0.1) is 13.8 Å². The number of halogens is 1. The van der Waals surface area contributed by atoms with E-state index in [0.29, 0.717) is 5.02 Å². The lowest BCUT2D eigenvalue weighted by Gasteiger charge is -2.13. The number of hydrogen-bond acceptors (Lipinski definition) is 3. The van der Waals surface area contributed by atoms with E-state index in [1.54, 1.807) is 0 Å². The van der Waals surface area contributed by atoms with Crippen LogP contribution in [0.15, 0.2) is 65.8 Å². The van der Waals surface area contributed by atoms with E-state index in [0.717, 1.165) is 28.2 Å². The van der Waals surface area contributed by atoms with Crippen molar-refractivity contribution in [2.75, 3.05) is 0 Å². The lowest BCUT2D eigenvalue weighted by atomic mass is 10.1. The molecule has 1 aromatic heterocycles. The number of rotatable bonds is 5. The number of carbonyl (C=O) groups excluding carboxylic acids is 2. The van der Waals surface area contributed by atoms with Gasteiger partial charge in [0, 0.05) is 27.7 Å². The third-order valence-corrected chi connectivity index (χ3v) is 4.99. The Bertz CT molecular complexity index is 1090. The molecule has 2 amide bonds. The number of carbonyl (C=O) groups is 2. The zero-order chi connectivity index (χ0) is 21.7. The minimum Gasteiger partial charge on any atom is -0.341 e. The van der Waals surface area contributed by atoms with Gasteiger partial charge in [0.05, 0.1) is 12.3 Å². The summed E-state index contributed by atoms with van der Waals surface area (Å²) in [5.41, 5.74) is 6.90. The van der Waals surface area contributed by atoms with Gasteiger partial charge < -0.3 is 9.88 Å². The average Bonchev–Trinajstić information content (AvgIpc) is 3.01. The molecule has 0 radical (unpaired) electrons. The summed E-state index contributed by atoms with van der Waals surface area (Å²) in [6.45, 7) is 5.74. The van der Waals surface area contributed by atoms with Crippen molar-refractivity contribution in [1.82, 2.24) is 15.3 Å². The van der Waals surface area contributed by atoms with E-state index >= 15 is 0 Å². The van der Waals surface area contributed by atoms with E-state index in [2.05, 4.69) is 15.8 Å². The Balaban J connectivity index is 1.64. The molecule has 1 atom stereocenters. The number of nitrogens with zero attached hydrogens (tertiary/aromatic N) is 2. The predicted octanol–water partition coefficient (Wildman–Crippen LogP) is 4.08. The Morgan fingerprint density at radius 1 is 1.03 bits per heavy atom. The van der Waals surface area contributed by atoms with E-state index in [1.165, 1.54) is 6.21 Å². The van der Waals surface area contributed by atoms with Crippen molar-refractivity contribution in [1.29, 1.82) is 0 Å². The molecule has 0 aliphatic carbocycles. The molecule has 0 bridgehead atoms. The van der Waals surface area contributed by atoms with Crippen molar-refractivity contribution in [2.45, 2.75) is 26.8 Å². The molecule has 30 heavy (non-hydrogen) atoms. The molecule has 154 valence electrons. The van der Waals surface area contributed by atoms with Gasteiger partial charge in [0.2, 0.25) is 0 Å². The smallest absolute Gasteiger partial charge is 0.329 e. The van der Waals surface area contributed by atoms with Gasteiger partial charge in [-0.15, -0.1) is 0 Å². The van der Waals surface area contributed by atoms with Crippen LogP contribution in [-0.4, -0.2) is 22.6 Å². The average molecular weight is 423 g/mol. The number of hydrazone groups is 1. The number of aromatic nitrogens is 1. The maximum absolute atomic E-state index is 12.1. The molecule has 0 fully saturated rings. The first-order valence-corrected chi connectivity index (χ1v) is 9.88. The molecule has 0 unspecified atom stereocenters. The predicted molar refractivity (Wildman–Crippen MR) is 119 cm³/mol. The Kier molecular flexibility index (Phi) is 6.69. The quantitative estimate of drug-likeness (QED) is 0.369. The van der Waals surface area contributed by atoms with E-state index in [1.807, 2.05) is 86.0 Å². The van der Waals surface area contributed by atoms with Gasteiger partial charge in [-0.3, -0.25) is 9.59 Å². The van der Waals surface area contributed by atoms with Crippen molar-refractivity contribution in [3.05, 3.63) is 88.2 Å². The fourth-order valence-electron chi connectivity index (χ4n) is 3.23. The van der Waals surface area contributed by atoms with Crippen LogP contribution < -0.4 is 10.7 Å². The van der Waals surface area contributed by atoms with E-state index in [-0.39, 0.29) is 6.04 Å². The first-order valence-electron chi connectivity index (χ1n) is 9.50. The molecule has 0 saturated heterocycles.